The first-order chi connectivity index (χ1) is 8.88. The average molecular weight is 293 g/mol. The van der Waals surface area contributed by atoms with Gasteiger partial charge in [-0.2, -0.15) is 13.2 Å². The molecule has 1 aromatic rings. The van der Waals surface area contributed by atoms with Crippen LogP contribution >= 0.6 is 11.6 Å². The molecule has 6 heteroatoms. The summed E-state index contributed by atoms with van der Waals surface area (Å²) in [4.78, 5) is 3.95. The van der Waals surface area contributed by atoms with Gasteiger partial charge >= 0.3 is 6.18 Å². The predicted molar refractivity (Wildman–Crippen MR) is 69.4 cm³/mol. The van der Waals surface area contributed by atoms with Gasteiger partial charge in [0.1, 0.15) is 5.15 Å². The van der Waals surface area contributed by atoms with E-state index in [0.29, 0.717) is 23.7 Å². The summed E-state index contributed by atoms with van der Waals surface area (Å²) >= 11 is 5.81. The van der Waals surface area contributed by atoms with Gasteiger partial charge in [0.2, 0.25) is 0 Å². The van der Waals surface area contributed by atoms with Crippen LogP contribution in [0.15, 0.2) is 12.3 Å². The largest absolute Gasteiger partial charge is 0.393 e. The molecular formula is C13H16ClF3N2. The van der Waals surface area contributed by atoms with Crippen LogP contribution in [0.5, 0.6) is 0 Å². The van der Waals surface area contributed by atoms with Gasteiger partial charge in [0, 0.05) is 6.04 Å². The maximum absolute atomic E-state index is 13.0. The average Bonchev–Trinajstić information content (AvgIpc) is 2.33. The number of nitrogens with one attached hydrogen (secondary N) is 1. The Hall–Kier alpha value is -0.970. The van der Waals surface area contributed by atoms with Crippen molar-refractivity contribution in [3.8, 4) is 0 Å². The van der Waals surface area contributed by atoms with Gasteiger partial charge in [-0.1, -0.05) is 24.4 Å². The molecule has 2 unspecified atom stereocenters. The quantitative estimate of drug-likeness (QED) is 0.807. The van der Waals surface area contributed by atoms with Crippen LogP contribution in [-0.2, 0) is 0 Å². The van der Waals surface area contributed by atoms with E-state index in [1.165, 1.54) is 6.20 Å². The first kappa shape index (κ1) is 14.4. The number of pyridine rings is 1. The molecule has 106 valence electrons. The highest BCUT2D eigenvalue weighted by molar-refractivity contribution is 6.30. The third-order valence-corrected chi connectivity index (χ3v) is 3.95. The van der Waals surface area contributed by atoms with Crippen molar-refractivity contribution < 1.29 is 13.2 Å². The van der Waals surface area contributed by atoms with Crippen LogP contribution in [0.25, 0.3) is 0 Å². The second-order valence-electron chi connectivity index (χ2n) is 5.02. The number of aryl methyl sites for hydroxylation is 1. The fourth-order valence-corrected chi connectivity index (χ4v) is 2.65. The van der Waals surface area contributed by atoms with Crippen molar-refractivity contribution in [2.75, 3.05) is 5.32 Å². The molecule has 1 heterocycles. The van der Waals surface area contributed by atoms with Crippen molar-refractivity contribution >= 4 is 17.3 Å². The summed E-state index contributed by atoms with van der Waals surface area (Å²) in [5.74, 6) is -1.28. The van der Waals surface area contributed by atoms with E-state index in [-0.39, 0.29) is 6.42 Å². The molecule has 2 atom stereocenters. The Kier molecular flexibility index (Phi) is 4.23. The fourth-order valence-electron chi connectivity index (χ4n) is 2.55. The summed E-state index contributed by atoms with van der Waals surface area (Å²) in [6, 6.07) is 1.16. The van der Waals surface area contributed by atoms with Crippen LogP contribution in [-0.4, -0.2) is 17.2 Å². The third kappa shape index (κ3) is 3.53. The molecule has 0 aromatic carbocycles. The van der Waals surface area contributed by atoms with Crippen molar-refractivity contribution in [1.29, 1.82) is 0 Å². The minimum Gasteiger partial charge on any atom is -0.380 e. The fraction of sp³-hybridized carbons (Fsp3) is 0.615. The van der Waals surface area contributed by atoms with Crippen LogP contribution in [0.4, 0.5) is 18.9 Å². The number of nitrogens with zero attached hydrogens (tertiary/aromatic N) is 1. The topological polar surface area (TPSA) is 24.9 Å². The minimum atomic E-state index is -4.15. The molecule has 0 saturated heterocycles. The Labute approximate surface area is 115 Å². The molecule has 0 bridgehead atoms. The van der Waals surface area contributed by atoms with Crippen LogP contribution < -0.4 is 5.32 Å². The number of hydrogen-bond donors (Lipinski definition) is 1. The highest BCUT2D eigenvalue weighted by Gasteiger charge is 2.45. The zero-order chi connectivity index (χ0) is 14.0. The molecule has 2 rings (SSSR count). The normalized spacial score (nSPS) is 24.3. The van der Waals surface area contributed by atoms with Gasteiger partial charge in [0.05, 0.1) is 17.8 Å². The molecule has 0 amide bonds. The van der Waals surface area contributed by atoms with Crippen LogP contribution in [0, 0.1) is 12.8 Å². The van der Waals surface area contributed by atoms with E-state index in [0.717, 1.165) is 12.0 Å². The van der Waals surface area contributed by atoms with Gasteiger partial charge < -0.3 is 5.32 Å². The van der Waals surface area contributed by atoms with Crippen molar-refractivity contribution in [1.82, 2.24) is 4.98 Å². The molecule has 1 aliphatic carbocycles. The number of hydrogen-bond acceptors (Lipinski definition) is 2. The maximum Gasteiger partial charge on any atom is 0.393 e. The van der Waals surface area contributed by atoms with E-state index < -0.39 is 18.1 Å². The van der Waals surface area contributed by atoms with E-state index >= 15 is 0 Å². The zero-order valence-corrected chi connectivity index (χ0v) is 11.4. The lowest BCUT2D eigenvalue weighted by Crippen LogP contribution is -2.41. The minimum absolute atomic E-state index is 0.196. The Balaban J connectivity index is 2.13. The molecule has 0 radical (unpaired) electrons. The second-order valence-corrected chi connectivity index (χ2v) is 5.37. The smallest absolute Gasteiger partial charge is 0.380 e. The van der Waals surface area contributed by atoms with Gasteiger partial charge in [-0.25, -0.2) is 4.98 Å². The summed E-state index contributed by atoms with van der Waals surface area (Å²) in [5, 5.41) is 3.34. The Morgan fingerprint density at radius 3 is 2.63 bits per heavy atom. The van der Waals surface area contributed by atoms with Crippen LogP contribution in [0.3, 0.4) is 0 Å². The molecule has 0 spiro atoms. The first-order valence-corrected chi connectivity index (χ1v) is 6.71. The zero-order valence-electron chi connectivity index (χ0n) is 10.6. The Bertz CT molecular complexity index is 448. The monoisotopic (exact) mass is 292 g/mol. The third-order valence-electron chi connectivity index (χ3n) is 3.55. The standard InChI is InChI=1S/C13H16ClF3N2/c1-8-6-9(7-18-12(8)14)19-11-5-3-2-4-10(11)13(15,16)17/h6-7,10-11,19H,2-5H2,1H3. The molecule has 1 fully saturated rings. The summed E-state index contributed by atoms with van der Waals surface area (Å²) in [6.07, 6.45) is -0.470. The Morgan fingerprint density at radius 2 is 2.00 bits per heavy atom. The lowest BCUT2D eigenvalue weighted by molar-refractivity contribution is -0.184. The number of rotatable bonds is 2. The maximum atomic E-state index is 13.0. The molecule has 19 heavy (non-hydrogen) atoms. The number of aromatic nitrogens is 1. The highest BCUT2D eigenvalue weighted by Crippen LogP contribution is 2.39. The van der Waals surface area contributed by atoms with E-state index in [1.54, 1.807) is 13.0 Å². The lowest BCUT2D eigenvalue weighted by atomic mass is 9.84. The molecule has 1 saturated carbocycles. The van der Waals surface area contributed by atoms with E-state index in [4.69, 9.17) is 11.6 Å². The second kappa shape index (κ2) is 5.57. The molecule has 1 aromatic heterocycles. The molecular weight excluding hydrogens is 277 g/mol. The summed E-state index contributed by atoms with van der Waals surface area (Å²) < 4.78 is 38.9. The Morgan fingerprint density at radius 1 is 1.32 bits per heavy atom. The molecule has 0 aliphatic heterocycles. The van der Waals surface area contributed by atoms with E-state index in [9.17, 15) is 13.2 Å². The molecule has 2 nitrogen and oxygen atoms in total. The summed E-state index contributed by atoms with van der Waals surface area (Å²) in [6.45, 7) is 1.78. The predicted octanol–water partition coefficient (Wildman–Crippen LogP) is 4.58. The van der Waals surface area contributed by atoms with Gasteiger partial charge in [-0.3, -0.25) is 0 Å². The van der Waals surface area contributed by atoms with Gasteiger partial charge in [-0.05, 0) is 31.4 Å². The van der Waals surface area contributed by atoms with E-state index in [2.05, 4.69) is 10.3 Å². The van der Waals surface area contributed by atoms with Gasteiger partial charge in [-0.15, -0.1) is 0 Å². The van der Waals surface area contributed by atoms with Crippen molar-refractivity contribution in [3.05, 3.63) is 23.0 Å². The van der Waals surface area contributed by atoms with Crippen LogP contribution in [0.2, 0.25) is 5.15 Å². The SMILES string of the molecule is Cc1cc(NC2CCCCC2C(F)(F)F)cnc1Cl. The van der Waals surface area contributed by atoms with Crippen molar-refractivity contribution in [3.63, 3.8) is 0 Å². The number of alkyl halides is 3. The molecule has 1 N–H and O–H groups in total. The first-order valence-electron chi connectivity index (χ1n) is 6.33. The highest BCUT2D eigenvalue weighted by atomic mass is 35.5. The van der Waals surface area contributed by atoms with Gasteiger partial charge in [0.25, 0.3) is 0 Å². The van der Waals surface area contributed by atoms with Crippen molar-refractivity contribution in [2.45, 2.75) is 44.8 Å². The lowest BCUT2D eigenvalue weighted by Gasteiger charge is -2.34. The van der Waals surface area contributed by atoms with Crippen LogP contribution in [0.1, 0.15) is 31.2 Å². The number of anilines is 1. The summed E-state index contributed by atoms with van der Waals surface area (Å²) in [5.41, 5.74) is 1.36. The van der Waals surface area contributed by atoms with Gasteiger partial charge in [0.15, 0.2) is 0 Å². The number of halogens is 4. The molecule has 1 aliphatic rings. The van der Waals surface area contributed by atoms with Crippen molar-refractivity contribution in [2.24, 2.45) is 5.92 Å². The van der Waals surface area contributed by atoms with E-state index in [1.807, 2.05) is 0 Å². The summed E-state index contributed by atoms with van der Waals surface area (Å²) in [7, 11) is 0.